The van der Waals surface area contributed by atoms with E-state index >= 15 is 0 Å². The summed E-state index contributed by atoms with van der Waals surface area (Å²) in [4.78, 5) is 104. The summed E-state index contributed by atoms with van der Waals surface area (Å²) < 4.78 is 68.4. The summed E-state index contributed by atoms with van der Waals surface area (Å²) in [6.45, 7) is 2.41. The summed E-state index contributed by atoms with van der Waals surface area (Å²) in [5, 5.41) is 37.5. The third-order valence-electron chi connectivity index (χ3n) is 9.50. The van der Waals surface area contributed by atoms with Gasteiger partial charge in [0.1, 0.15) is 24.1 Å². The van der Waals surface area contributed by atoms with Gasteiger partial charge in [-0.3, -0.25) is 28.8 Å². The van der Waals surface area contributed by atoms with Crippen LogP contribution in [0.15, 0.2) is 6.33 Å². The van der Waals surface area contributed by atoms with Crippen LogP contribution in [0, 0.1) is 0 Å². The maximum absolute atomic E-state index is 13.2. The number of primary amides is 1. The van der Waals surface area contributed by atoms with E-state index in [1.54, 1.807) is 0 Å². The molecule has 34 heteroatoms. The number of aromatic nitrogens is 2. The largest absolute Gasteiger partial charge is 0.756 e. The summed E-state index contributed by atoms with van der Waals surface area (Å²) in [5.41, 5.74) is 4.76. The molecule has 4 rings (SSSR count). The van der Waals surface area contributed by atoms with Crippen LogP contribution in [0.1, 0.15) is 55.7 Å². The van der Waals surface area contributed by atoms with Crippen LogP contribution in [-0.4, -0.2) is 171 Å². The molecule has 3 unspecified atom stereocenters. The maximum Gasteiger partial charge on any atom is 0.487 e. The minimum atomic E-state index is -5.92. The first-order chi connectivity index (χ1) is 31.0. The van der Waals surface area contributed by atoms with Crippen molar-refractivity contribution in [1.29, 1.82) is 0 Å². The summed E-state index contributed by atoms with van der Waals surface area (Å²) in [7, 11) is -17.5. The maximum atomic E-state index is 13.2. The van der Waals surface area contributed by atoms with Crippen molar-refractivity contribution in [3.63, 3.8) is 0 Å². The fourth-order valence-electron chi connectivity index (χ4n) is 6.64. The van der Waals surface area contributed by atoms with Crippen LogP contribution >= 0.6 is 35.2 Å². The smallest absolute Gasteiger partial charge is 0.487 e. The van der Waals surface area contributed by atoms with Gasteiger partial charge in [-0.15, -0.1) is 0 Å². The van der Waals surface area contributed by atoms with E-state index in [2.05, 4.69) is 50.0 Å². The molecule has 0 radical (unpaired) electrons. The predicted molar refractivity (Wildman–Crippen MR) is 223 cm³/mol. The molecule has 3 saturated heterocycles. The highest BCUT2D eigenvalue weighted by molar-refractivity contribution is 8.00. The number of phosphoric acid groups is 3. The van der Waals surface area contributed by atoms with Crippen molar-refractivity contribution >= 4 is 70.8 Å². The second-order valence-electron chi connectivity index (χ2n) is 14.7. The van der Waals surface area contributed by atoms with Gasteiger partial charge in [0.15, 0.2) is 11.9 Å². The summed E-state index contributed by atoms with van der Waals surface area (Å²) in [6.07, 6.45) is -3.61. The van der Waals surface area contributed by atoms with Crippen molar-refractivity contribution in [2.45, 2.75) is 86.9 Å². The molecule has 3 aliphatic rings. The monoisotopic (exact) mass is 1030 g/mol. The molecular weight excluding hydrogens is 971 g/mol. The van der Waals surface area contributed by atoms with Crippen molar-refractivity contribution < 1.29 is 99.5 Å². The SMILES string of the molecule is C[C@@H](CC(=O)NCCOCCOCCOCCNC(=O)CCCC[C@@H]1SC[C@H]2NC(=O)N[C@@H]12)NC(=O)c1ncn([C@@H]2O[C@H](COP(=O)([O-])OP(=O)(O)OP(=O)(O)O)[C@H](O)C2O)c1NC(N)=O. The first-order valence-corrected chi connectivity index (χ1v) is 25.7. The lowest BCUT2D eigenvalue weighted by atomic mass is 10.0. The Morgan fingerprint density at radius 3 is 2.24 bits per heavy atom. The Labute approximate surface area is 380 Å². The molecule has 7 amide bonds. The lowest BCUT2D eigenvalue weighted by Gasteiger charge is -2.26. The number of hydrogen-bond donors (Lipinski definition) is 12. The standard InChI is InChI=1S/C32H56N9O21P3S/c1-18(14-23(43)35-7-9-57-11-13-58-12-10-56-8-6-34-22(42)5-3-2-4-21-24-19(16-66-21)38-32(48)39-24)37-29(46)25-28(40-31(33)47)41(17-36-25)30-27(45)26(44)20(60-30)15-59-64(52,53)62-65(54,55)61-63(49,50)51/h17-21,24,26-27,30,44-45H,2-16H2,1H3,(H,34,42)(H,35,43)(H,37,46)(H,52,53)(H,54,55)(H3,33,40,47)(H2,38,39,48)(H2,49,50,51)/p-1/t18-,19+,20+,21-,24+,26-,27?,30+/m0/s1. The predicted octanol–water partition coefficient (Wildman–Crippen LogP) is -2.78. The summed E-state index contributed by atoms with van der Waals surface area (Å²) >= 11 is 1.85. The summed E-state index contributed by atoms with van der Waals surface area (Å²) in [5.74, 6) is -0.990. The molecule has 30 nitrogen and oxygen atoms in total. The van der Waals surface area contributed by atoms with Crippen molar-refractivity contribution in [2.24, 2.45) is 5.73 Å². The Bertz CT molecular complexity index is 1970. The topological polar surface area (TPSA) is 441 Å². The Kier molecular flexibility index (Phi) is 21.7. The van der Waals surface area contributed by atoms with Gasteiger partial charge in [0.25, 0.3) is 13.7 Å². The number of nitrogens with one attached hydrogen (secondary N) is 6. The molecule has 4 heterocycles. The number of aliphatic hydroxyl groups excluding tert-OH is 2. The van der Waals surface area contributed by atoms with Crippen molar-refractivity contribution in [3.8, 4) is 0 Å². The van der Waals surface area contributed by atoms with Crippen molar-refractivity contribution in [1.82, 2.24) is 36.1 Å². The van der Waals surface area contributed by atoms with E-state index < -0.39 is 90.0 Å². The average Bonchev–Trinajstić information content (AvgIpc) is 3.95. The van der Waals surface area contributed by atoms with Gasteiger partial charge >= 0.3 is 27.7 Å². The summed E-state index contributed by atoms with van der Waals surface area (Å²) in [6, 6.07) is -1.77. The number of rotatable bonds is 30. The number of unbranched alkanes of at least 4 members (excludes halogenated alkanes) is 1. The molecule has 3 aliphatic heterocycles. The Balaban J connectivity index is 1.05. The highest BCUT2D eigenvalue weighted by Crippen LogP contribution is 2.65. The van der Waals surface area contributed by atoms with E-state index in [1.807, 2.05) is 11.8 Å². The number of nitrogens with zero attached hydrogens (tertiary/aromatic N) is 2. The van der Waals surface area contributed by atoms with Gasteiger partial charge in [-0.2, -0.15) is 16.1 Å². The van der Waals surface area contributed by atoms with Crippen LogP contribution in [0.5, 0.6) is 0 Å². The van der Waals surface area contributed by atoms with Gasteiger partial charge in [-0.25, -0.2) is 28.0 Å². The van der Waals surface area contributed by atoms with Gasteiger partial charge < -0.3 is 85.6 Å². The van der Waals surface area contributed by atoms with E-state index in [0.717, 1.165) is 35.9 Å². The van der Waals surface area contributed by atoms with E-state index in [1.165, 1.54) is 6.92 Å². The first kappa shape index (κ1) is 55.3. The molecule has 3 fully saturated rings. The van der Waals surface area contributed by atoms with Crippen molar-refractivity contribution in [2.75, 3.05) is 70.4 Å². The van der Waals surface area contributed by atoms with E-state index in [9.17, 15) is 57.7 Å². The second-order valence-corrected chi connectivity index (χ2v) is 20.4. The second kappa shape index (κ2) is 25.9. The number of amides is 7. The number of urea groups is 2. The zero-order chi connectivity index (χ0) is 48.7. The third-order valence-corrected chi connectivity index (χ3v) is 14.8. The van der Waals surface area contributed by atoms with Crippen LogP contribution < -0.4 is 42.5 Å². The van der Waals surface area contributed by atoms with Crippen LogP contribution in [0.4, 0.5) is 15.4 Å². The number of fused-ring (bicyclic) bond motifs is 1. The number of carbonyl (C=O) groups excluding carboxylic acids is 5. The van der Waals surface area contributed by atoms with Crippen LogP contribution in [0.25, 0.3) is 0 Å². The molecule has 376 valence electrons. The number of ether oxygens (including phenoxy) is 4. The Hall–Kier alpha value is -3.32. The fourth-order valence-corrected chi connectivity index (χ4v) is 11.2. The zero-order valence-electron chi connectivity index (χ0n) is 35.3. The van der Waals surface area contributed by atoms with Crippen LogP contribution in [0.2, 0.25) is 0 Å². The van der Waals surface area contributed by atoms with Gasteiger partial charge in [-0.05, 0) is 19.8 Å². The lowest BCUT2D eigenvalue weighted by molar-refractivity contribution is -0.221. The normalized spacial score (nSPS) is 24.9. The molecule has 66 heavy (non-hydrogen) atoms. The number of aliphatic hydroxyl groups is 2. The molecule has 1 aromatic rings. The first-order valence-electron chi connectivity index (χ1n) is 20.2. The molecule has 10 atom stereocenters. The number of anilines is 1. The fraction of sp³-hybridized carbons (Fsp3) is 0.750. The number of imidazole rings is 1. The van der Waals surface area contributed by atoms with Gasteiger partial charge in [-0.1, -0.05) is 6.42 Å². The third kappa shape index (κ3) is 18.6. The zero-order valence-corrected chi connectivity index (χ0v) is 38.8. The number of nitrogens with two attached hydrogens (primary N) is 1. The van der Waals surface area contributed by atoms with Crippen molar-refractivity contribution in [3.05, 3.63) is 12.0 Å². The molecule has 0 spiro atoms. The number of carbonyl (C=O) groups is 5. The van der Waals surface area contributed by atoms with Gasteiger partial charge in [0, 0.05) is 43.0 Å². The van der Waals surface area contributed by atoms with Gasteiger partial charge in [0.2, 0.25) is 11.8 Å². The number of phosphoric ester groups is 1. The Morgan fingerprint density at radius 2 is 1.61 bits per heavy atom. The molecule has 0 aromatic carbocycles. The number of thioether (sulfide) groups is 1. The van der Waals surface area contributed by atoms with Crippen LogP contribution in [-0.2, 0) is 55.4 Å². The van der Waals surface area contributed by atoms with Crippen LogP contribution in [0.3, 0.4) is 0 Å². The number of hydrogen-bond acceptors (Lipinski definition) is 20. The highest BCUT2D eigenvalue weighted by Gasteiger charge is 2.46. The minimum Gasteiger partial charge on any atom is -0.756 e. The molecule has 0 bridgehead atoms. The molecule has 1 aromatic heterocycles. The molecular formula is C32H55N9O21P3S-. The minimum absolute atomic E-state index is 0.0412. The molecule has 13 N–H and O–H groups in total. The molecule has 0 aliphatic carbocycles. The average molecular weight is 1030 g/mol. The highest BCUT2D eigenvalue weighted by atomic mass is 32.2. The molecule has 0 saturated carbocycles. The van der Waals surface area contributed by atoms with Gasteiger partial charge in [0.05, 0.1) is 64.7 Å². The Morgan fingerprint density at radius 1 is 0.970 bits per heavy atom. The van der Waals surface area contributed by atoms with E-state index in [0.29, 0.717) is 38.0 Å². The lowest BCUT2D eigenvalue weighted by Crippen LogP contribution is -2.38. The quantitative estimate of drug-likeness (QED) is 0.0211. The van der Waals surface area contributed by atoms with E-state index in [-0.39, 0.29) is 56.8 Å². The van der Waals surface area contributed by atoms with E-state index in [4.69, 9.17) is 34.5 Å².